The molecule has 0 aromatic rings. The molecule has 0 spiro atoms. The maximum absolute atomic E-state index is 11.2. The van der Waals surface area contributed by atoms with Crippen molar-refractivity contribution in [3.63, 3.8) is 0 Å². The van der Waals surface area contributed by atoms with Gasteiger partial charge in [0.05, 0.1) is 0 Å². The summed E-state index contributed by atoms with van der Waals surface area (Å²) in [6.07, 6.45) is 4.23. The van der Waals surface area contributed by atoms with Crippen LogP contribution in [-0.2, 0) is 28.8 Å². The second kappa shape index (κ2) is 23.7. The van der Waals surface area contributed by atoms with E-state index in [0.29, 0.717) is 50.2 Å². The molecule has 0 aliphatic rings. The first kappa shape index (κ1) is 41.3. The lowest BCUT2D eigenvalue weighted by atomic mass is 9.99. The lowest BCUT2D eigenvalue weighted by molar-refractivity contribution is -0.127. The van der Waals surface area contributed by atoms with Gasteiger partial charge in [-0.25, -0.2) is 0 Å². The topological polar surface area (TPSA) is 114 Å². The van der Waals surface area contributed by atoms with Gasteiger partial charge in [-0.05, 0) is 12.8 Å². The van der Waals surface area contributed by atoms with E-state index < -0.39 is 0 Å². The van der Waals surface area contributed by atoms with E-state index in [1.807, 2.05) is 83.1 Å². The second-order valence-electron chi connectivity index (χ2n) is 12.0. The van der Waals surface area contributed by atoms with E-state index in [2.05, 4.69) is 5.32 Å². The van der Waals surface area contributed by atoms with Gasteiger partial charge in [0.15, 0.2) is 0 Å². The Morgan fingerprint density at radius 3 is 0.897 bits per heavy atom. The van der Waals surface area contributed by atoms with Crippen molar-refractivity contribution in [1.82, 2.24) is 5.32 Å². The lowest BCUT2D eigenvalue weighted by Crippen LogP contribution is -2.30. The number of hydrogen-bond acceptors (Lipinski definition) is 6. The average Bonchev–Trinajstić information content (AvgIpc) is 2.84. The van der Waals surface area contributed by atoms with Crippen molar-refractivity contribution in [2.45, 2.75) is 128 Å². The molecule has 0 rings (SSSR count). The number of hydrogen-bond donors (Lipinski definition) is 1. The van der Waals surface area contributed by atoms with Crippen molar-refractivity contribution < 1.29 is 28.8 Å². The Labute approximate surface area is 239 Å². The van der Waals surface area contributed by atoms with E-state index >= 15 is 0 Å². The van der Waals surface area contributed by atoms with Gasteiger partial charge in [0, 0.05) is 74.2 Å². The zero-order valence-electron chi connectivity index (χ0n) is 27.1. The van der Waals surface area contributed by atoms with Crippen molar-refractivity contribution >= 4 is 34.8 Å². The van der Waals surface area contributed by atoms with Gasteiger partial charge in [-0.2, -0.15) is 0 Å². The van der Waals surface area contributed by atoms with E-state index in [-0.39, 0.29) is 58.8 Å². The Balaban J connectivity index is -0.000000500. The minimum Gasteiger partial charge on any atom is -0.355 e. The molecule has 1 amide bonds. The maximum Gasteiger partial charge on any atom is 0.222 e. The molecule has 0 aromatic heterocycles. The summed E-state index contributed by atoms with van der Waals surface area (Å²) in [4.78, 5) is 66.9. The molecule has 0 aliphatic carbocycles. The third kappa shape index (κ3) is 25.8. The smallest absolute Gasteiger partial charge is 0.222 e. The summed E-state index contributed by atoms with van der Waals surface area (Å²) >= 11 is 0. The van der Waals surface area contributed by atoms with Gasteiger partial charge in [-0.15, -0.1) is 0 Å². The van der Waals surface area contributed by atoms with Gasteiger partial charge in [-0.1, -0.05) is 83.1 Å². The second-order valence-corrected chi connectivity index (χ2v) is 12.0. The summed E-state index contributed by atoms with van der Waals surface area (Å²) in [5.74, 6) is 1.64. The molecule has 0 saturated heterocycles. The molecule has 1 N–H and O–H groups in total. The molecular weight excluding hydrogens is 494 g/mol. The Morgan fingerprint density at radius 1 is 0.385 bits per heavy atom. The minimum atomic E-state index is -0.00541. The van der Waals surface area contributed by atoms with Crippen molar-refractivity contribution in [1.29, 1.82) is 0 Å². The molecule has 0 saturated carbocycles. The minimum absolute atomic E-state index is 0.00541. The van der Waals surface area contributed by atoms with E-state index in [9.17, 15) is 28.8 Å². The van der Waals surface area contributed by atoms with Crippen LogP contribution in [0.4, 0.5) is 0 Å². The van der Waals surface area contributed by atoms with Crippen molar-refractivity contribution in [2.75, 3.05) is 6.54 Å². The molecule has 39 heavy (non-hydrogen) atoms. The summed E-state index contributed by atoms with van der Waals surface area (Å²) in [6.45, 7) is 23.0. The van der Waals surface area contributed by atoms with Crippen LogP contribution in [0, 0.1) is 35.5 Å². The average molecular weight is 554 g/mol. The fourth-order valence-electron chi connectivity index (χ4n) is 2.80. The molecule has 0 radical (unpaired) electrons. The molecule has 228 valence electrons. The molecule has 0 atom stereocenters. The van der Waals surface area contributed by atoms with Gasteiger partial charge in [0.2, 0.25) is 5.91 Å². The first-order valence-electron chi connectivity index (χ1n) is 14.8. The van der Waals surface area contributed by atoms with E-state index in [4.69, 9.17) is 0 Å². The van der Waals surface area contributed by atoms with Gasteiger partial charge in [0.1, 0.15) is 28.9 Å². The summed E-state index contributed by atoms with van der Waals surface area (Å²) in [7, 11) is 0. The van der Waals surface area contributed by atoms with Crippen LogP contribution in [0.3, 0.4) is 0 Å². The molecule has 0 aliphatic heterocycles. The van der Waals surface area contributed by atoms with E-state index in [1.54, 1.807) is 0 Å². The Bertz CT molecular complexity index is 686. The largest absolute Gasteiger partial charge is 0.355 e. The highest BCUT2D eigenvalue weighted by Gasteiger charge is 2.12. The van der Waals surface area contributed by atoms with E-state index in [0.717, 1.165) is 12.8 Å². The highest BCUT2D eigenvalue weighted by atomic mass is 16.2. The molecule has 0 bridgehead atoms. The normalized spacial score (nSPS) is 10.8. The number of amides is 1. The van der Waals surface area contributed by atoms with Crippen molar-refractivity contribution in [3.8, 4) is 0 Å². The molecule has 0 unspecified atom stereocenters. The fourth-order valence-corrected chi connectivity index (χ4v) is 2.80. The number of nitrogens with one attached hydrogen (secondary N) is 1. The number of unbranched alkanes of at least 4 members (excludes halogenated alkanes) is 1. The molecule has 0 aromatic carbocycles. The summed E-state index contributed by atoms with van der Waals surface area (Å²) < 4.78 is 0. The summed E-state index contributed by atoms with van der Waals surface area (Å²) in [5.41, 5.74) is 0. The van der Waals surface area contributed by atoms with E-state index in [1.165, 1.54) is 0 Å². The first-order chi connectivity index (χ1) is 17.8. The van der Waals surface area contributed by atoms with Crippen LogP contribution in [-0.4, -0.2) is 41.4 Å². The van der Waals surface area contributed by atoms with Crippen LogP contribution in [0.5, 0.6) is 0 Å². The number of Topliss-reactive ketones (excluding diaryl/α,β-unsaturated/α-hetero) is 5. The Kier molecular flexibility index (Phi) is 25.1. The summed E-state index contributed by atoms with van der Waals surface area (Å²) in [5, 5.41) is 2.71. The lowest BCUT2D eigenvalue weighted by Gasteiger charge is -2.07. The Hall–Kier alpha value is -2.18. The molecular formula is C32H59NO6. The van der Waals surface area contributed by atoms with Gasteiger partial charge in [-0.3, -0.25) is 28.8 Å². The predicted molar refractivity (Wildman–Crippen MR) is 159 cm³/mol. The monoisotopic (exact) mass is 553 g/mol. The number of carbonyl (C=O) groups is 6. The molecule has 7 nitrogen and oxygen atoms in total. The third-order valence-corrected chi connectivity index (χ3v) is 6.13. The SMILES string of the molecule is CC(C)C(=O)CCC(=O)C(C)C.CC(C)C(=O)CCCCC(=O)C(C)C.CC(C)C(=O)CCNC(=O)C(C)C. The van der Waals surface area contributed by atoms with Crippen molar-refractivity contribution in [3.05, 3.63) is 0 Å². The van der Waals surface area contributed by atoms with Gasteiger partial charge < -0.3 is 5.32 Å². The highest BCUT2D eigenvalue weighted by molar-refractivity contribution is 5.87. The zero-order chi connectivity index (χ0) is 31.3. The van der Waals surface area contributed by atoms with Crippen molar-refractivity contribution in [2.24, 2.45) is 35.5 Å². The maximum atomic E-state index is 11.2. The number of rotatable bonds is 17. The third-order valence-electron chi connectivity index (χ3n) is 6.13. The molecule has 7 heteroatoms. The number of ketones is 5. The first-order valence-corrected chi connectivity index (χ1v) is 14.8. The summed E-state index contributed by atoms with van der Waals surface area (Å²) in [6, 6.07) is 0. The van der Waals surface area contributed by atoms with Crippen LogP contribution in [0.2, 0.25) is 0 Å². The molecule has 0 heterocycles. The van der Waals surface area contributed by atoms with Gasteiger partial charge >= 0.3 is 0 Å². The Morgan fingerprint density at radius 2 is 0.641 bits per heavy atom. The fraction of sp³-hybridized carbons (Fsp3) is 0.812. The molecule has 0 fully saturated rings. The number of carbonyl (C=O) groups excluding carboxylic acids is 6. The standard InChI is InChI=1S/C12H22O2.C10H19NO2.C10H18O2/c1-9(2)11(13)7-5-6-8-12(14)10(3)4;1-7(2)9(12)5-6-11-10(13)8(3)4;1-7(2)9(11)5-6-10(12)8(3)4/h9-10H,5-8H2,1-4H3;7-8H,5-6H2,1-4H3,(H,11,13);7-8H,5-6H2,1-4H3. The highest BCUT2D eigenvalue weighted by Crippen LogP contribution is 2.09. The van der Waals surface area contributed by atoms with Crippen LogP contribution >= 0.6 is 0 Å². The van der Waals surface area contributed by atoms with Gasteiger partial charge in [0.25, 0.3) is 0 Å². The quantitative estimate of drug-likeness (QED) is 0.203. The predicted octanol–water partition coefficient (Wildman–Crippen LogP) is 6.59. The van der Waals surface area contributed by atoms with Crippen LogP contribution in [0.25, 0.3) is 0 Å². The van der Waals surface area contributed by atoms with Crippen LogP contribution in [0.15, 0.2) is 0 Å². The zero-order valence-corrected chi connectivity index (χ0v) is 27.1. The van der Waals surface area contributed by atoms with Crippen LogP contribution in [0.1, 0.15) is 128 Å². The van der Waals surface area contributed by atoms with Crippen LogP contribution < -0.4 is 5.32 Å².